The van der Waals surface area contributed by atoms with Crippen LogP contribution < -0.4 is 21.1 Å². The van der Waals surface area contributed by atoms with Crippen molar-refractivity contribution in [3.05, 3.63) is 77.4 Å². The number of piperidine rings is 1. The van der Waals surface area contributed by atoms with E-state index in [1.165, 1.54) is 0 Å². The molecule has 8 nitrogen and oxygen atoms in total. The lowest BCUT2D eigenvalue weighted by molar-refractivity contribution is -0.114. The number of carbonyl (C=O) groups is 2. The second kappa shape index (κ2) is 14.0. The fourth-order valence-corrected chi connectivity index (χ4v) is 5.65. The van der Waals surface area contributed by atoms with E-state index in [0.29, 0.717) is 35.2 Å². The smallest absolute Gasteiger partial charge is 0.319 e. The Hall–Kier alpha value is -3.62. The minimum absolute atomic E-state index is 0.0676. The van der Waals surface area contributed by atoms with Crippen molar-refractivity contribution in [2.75, 3.05) is 18.4 Å². The summed E-state index contributed by atoms with van der Waals surface area (Å²) in [6.07, 6.45) is 9.77. The summed E-state index contributed by atoms with van der Waals surface area (Å²) >= 11 is 0. The molecule has 4 N–H and O–H groups in total. The van der Waals surface area contributed by atoms with Gasteiger partial charge in [0.25, 0.3) is 0 Å². The lowest BCUT2D eigenvalue weighted by Crippen LogP contribution is -2.44. The van der Waals surface area contributed by atoms with Crippen molar-refractivity contribution in [2.45, 2.75) is 90.5 Å². The first-order valence-corrected chi connectivity index (χ1v) is 15.2. The van der Waals surface area contributed by atoms with E-state index < -0.39 is 11.5 Å². The fraction of sp³-hybridized carbons (Fsp3) is 0.471. The number of nitrogens with two attached hydrogens (primary N) is 1. The van der Waals surface area contributed by atoms with Gasteiger partial charge in [-0.25, -0.2) is 4.79 Å². The van der Waals surface area contributed by atoms with Gasteiger partial charge in [-0.05, 0) is 82.4 Å². The first kappa shape index (κ1) is 31.3. The van der Waals surface area contributed by atoms with Crippen LogP contribution in [0, 0.1) is 6.92 Å². The molecular formula is C34H46N4O4. The number of hydrogen-bond acceptors (Lipinski definition) is 5. The molecule has 0 radical (unpaired) electrons. The molecule has 0 spiro atoms. The minimum Gasteiger partial charge on any atom is -0.457 e. The highest BCUT2D eigenvalue weighted by atomic mass is 16.5. The Bertz CT molecular complexity index is 1290. The number of aryl methyl sites for hydroxylation is 1. The quantitative estimate of drug-likeness (QED) is 0.282. The highest BCUT2D eigenvalue weighted by molar-refractivity contribution is 5.95. The van der Waals surface area contributed by atoms with E-state index in [4.69, 9.17) is 15.2 Å². The summed E-state index contributed by atoms with van der Waals surface area (Å²) in [5.74, 6) is 0.906. The molecule has 1 fully saturated rings. The number of ether oxygens (including phenoxy) is 2. The largest absolute Gasteiger partial charge is 0.457 e. The third kappa shape index (κ3) is 7.61. The number of carbonyl (C=O) groups excluding carboxylic acids is 2. The number of amides is 3. The Kier molecular flexibility index (Phi) is 10.5. The summed E-state index contributed by atoms with van der Waals surface area (Å²) in [6.45, 7) is 12.6. The summed E-state index contributed by atoms with van der Waals surface area (Å²) in [7, 11) is 0. The van der Waals surface area contributed by atoms with Crippen LogP contribution in [0.3, 0.4) is 0 Å². The molecule has 1 atom stereocenters. The van der Waals surface area contributed by atoms with Crippen molar-refractivity contribution in [1.82, 2.24) is 10.2 Å². The summed E-state index contributed by atoms with van der Waals surface area (Å²) < 4.78 is 13.5. The van der Waals surface area contributed by atoms with E-state index in [1.807, 2.05) is 61.5 Å². The maximum absolute atomic E-state index is 12.4. The zero-order valence-corrected chi connectivity index (χ0v) is 25.6. The van der Waals surface area contributed by atoms with Crippen molar-refractivity contribution < 1.29 is 19.1 Å². The molecule has 1 saturated heterocycles. The van der Waals surface area contributed by atoms with Gasteiger partial charge < -0.3 is 30.7 Å². The highest BCUT2D eigenvalue weighted by Crippen LogP contribution is 2.44. The number of likely N-dealkylation sites (tertiary alicyclic amines) is 1. The van der Waals surface area contributed by atoms with Crippen LogP contribution in [0.2, 0.25) is 0 Å². The van der Waals surface area contributed by atoms with Gasteiger partial charge in [-0.2, -0.15) is 0 Å². The van der Waals surface area contributed by atoms with Gasteiger partial charge in [-0.15, -0.1) is 0 Å². The third-order valence-corrected chi connectivity index (χ3v) is 8.35. The zero-order chi connectivity index (χ0) is 30.3. The van der Waals surface area contributed by atoms with Crippen LogP contribution in [0.1, 0.15) is 70.9 Å². The average Bonchev–Trinajstić information content (AvgIpc) is 2.98. The third-order valence-electron chi connectivity index (χ3n) is 8.35. The Morgan fingerprint density at radius 3 is 2.33 bits per heavy atom. The maximum Gasteiger partial charge on any atom is 0.319 e. The average molecular weight is 575 g/mol. The first-order chi connectivity index (χ1) is 20.1. The minimum atomic E-state index is -0.806. The molecule has 42 heavy (non-hydrogen) atoms. The van der Waals surface area contributed by atoms with Crippen molar-refractivity contribution in [3.8, 4) is 11.5 Å². The Balaban J connectivity index is 1.57. The summed E-state index contributed by atoms with van der Waals surface area (Å²) in [5, 5.41) is 5.89. The number of rotatable bonds is 11. The van der Waals surface area contributed by atoms with Crippen molar-refractivity contribution in [1.29, 1.82) is 0 Å². The van der Waals surface area contributed by atoms with Gasteiger partial charge in [-0.1, -0.05) is 44.2 Å². The van der Waals surface area contributed by atoms with E-state index in [2.05, 4.69) is 43.2 Å². The molecule has 2 aliphatic rings. The van der Waals surface area contributed by atoms with E-state index in [9.17, 15) is 9.59 Å². The Morgan fingerprint density at radius 2 is 1.76 bits per heavy atom. The molecular weight excluding hydrogens is 528 g/mol. The molecule has 2 aromatic carbocycles. The van der Waals surface area contributed by atoms with Crippen LogP contribution >= 0.6 is 0 Å². The van der Waals surface area contributed by atoms with Crippen molar-refractivity contribution >= 4 is 17.6 Å². The monoisotopic (exact) mass is 574 g/mol. The van der Waals surface area contributed by atoms with Crippen LogP contribution in [0.15, 0.2) is 66.3 Å². The number of primary amides is 1. The predicted molar refractivity (Wildman–Crippen MR) is 168 cm³/mol. The van der Waals surface area contributed by atoms with Crippen LogP contribution in [-0.2, 0) is 15.1 Å². The van der Waals surface area contributed by atoms with Gasteiger partial charge >= 0.3 is 6.03 Å². The van der Waals surface area contributed by atoms with Gasteiger partial charge in [0.05, 0.1) is 6.10 Å². The first-order valence-electron chi connectivity index (χ1n) is 15.2. The molecule has 0 bridgehead atoms. The predicted octanol–water partition coefficient (Wildman–Crippen LogP) is 6.55. The van der Waals surface area contributed by atoms with Gasteiger partial charge in [0, 0.05) is 48.4 Å². The van der Waals surface area contributed by atoms with Crippen LogP contribution in [0.5, 0.6) is 11.5 Å². The molecule has 226 valence electrons. The second-order valence-electron chi connectivity index (χ2n) is 11.6. The lowest BCUT2D eigenvalue weighted by atomic mass is 9.83. The van der Waals surface area contributed by atoms with Crippen molar-refractivity contribution in [3.63, 3.8) is 0 Å². The molecule has 4 rings (SSSR count). The number of anilines is 1. The number of nitrogens with one attached hydrogen (secondary N) is 2. The topological polar surface area (TPSA) is 106 Å². The SMILES string of the molecule is CCC(CC)NC(=O)Nc1ccc(Oc2c(C)cccc2C2(OC3CCN(C(C)C)CC3)C=CC(C(N)=O)=CC2)cc1. The molecule has 0 saturated carbocycles. The summed E-state index contributed by atoms with van der Waals surface area (Å²) in [4.78, 5) is 26.8. The zero-order valence-electron chi connectivity index (χ0n) is 25.6. The van der Waals surface area contributed by atoms with E-state index in [-0.39, 0.29) is 18.2 Å². The Morgan fingerprint density at radius 1 is 1.07 bits per heavy atom. The number of urea groups is 1. The number of hydrogen-bond donors (Lipinski definition) is 3. The van der Waals surface area contributed by atoms with Gasteiger partial charge in [0.2, 0.25) is 5.91 Å². The lowest BCUT2D eigenvalue weighted by Gasteiger charge is -2.41. The van der Waals surface area contributed by atoms with Crippen LogP contribution in [0.4, 0.5) is 10.5 Å². The number of para-hydroxylation sites is 1. The molecule has 1 unspecified atom stereocenters. The van der Waals surface area contributed by atoms with E-state index >= 15 is 0 Å². The van der Waals surface area contributed by atoms with Gasteiger partial charge in [0.15, 0.2) is 0 Å². The molecule has 1 heterocycles. The van der Waals surface area contributed by atoms with Gasteiger partial charge in [-0.3, -0.25) is 4.79 Å². The normalized spacial score (nSPS) is 19.5. The maximum atomic E-state index is 12.4. The fourth-order valence-electron chi connectivity index (χ4n) is 5.65. The molecule has 1 aliphatic carbocycles. The molecule has 2 aromatic rings. The van der Waals surface area contributed by atoms with Crippen LogP contribution in [-0.4, -0.2) is 48.1 Å². The molecule has 8 heteroatoms. The molecule has 0 aromatic heterocycles. The molecule has 1 aliphatic heterocycles. The van der Waals surface area contributed by atoms with E-state index in [1.54, 1.807) is 6.08 Å². The number of benzene rings is 2. The van der Waals surface area contributed by atoms with Crippen LogP contribution in [0.25, 0.3) is 0 Å². The summed E-state index contributed by atoms with van der Waals surface area (Å²) in [5.41, 5.74) is 7.82. The standard InChI is InChI=1S/C34H46N4O4/c1-6-26(7-2)36-33(40)37-27-11-13-28(14-12-27)41-31-24(5)9-8-10-30(31)34(19-15-25(16-20-34)32(35)39)42-29-17-21-38(22-18-29)23(3)4/h8-16,19,23,26,29H,6-7,17-18,20-22H2,1-5H3,(H2,35,39)(H2,36,37,40). The van der Waals surface area contributed by atoms with E-state index in [0.717, 1.165) is 49.9 Å². The van der Waals surface area contributed by atoms with Gasteiger partial charge in [0.1, 0.15) is 17.1 Å². The second-order valence-corrected chi connectivity index (χ2v) is 11.6. The molecule has 3 amide bonds. The highest BCUT2D eigenvalue weighted by Gasteiger charge is 2.39. The number of nitrogens with zero attached hydrogens (tertiary/aromatic N) is 1. The van der Waals surface area contributed by atoms with Crippen molar-refractivity contribution in [2.24, 2.45) is 5.73 Å². The Labute approximate surface area is 250 Å². The summed E-state index contributed by atoms with van der Waals surface area (Å²) in [6, 6.07) is 13.9.